The zero-order valence-electron chi connectivity index (χ0n) is 12.2. The standard InChI is InChI=1S/C16H22N2O/c1-12(2)11-18(4)16(19)15-10-14(6-5-9-17)8-7-13(15)3/h7-8,10,12H,9,11,17H2,1-4H3. The molecule has 1 aromatic rings. The Morgan fingerprint density at radius 1 is 1.42 bits per heavy atom. The molecule has 0 aliphatic rings. The molecule has 3 nitrogen and oxygen atoms in total. The van der Waals surface area contributed by atoms with Gasteiger partial charge in [0, 0.05) is 24.7 Å². The highest BCUT2D eigenvalue weighted by Crippen LogP contribution is 2.13. The SMILES string of the molecule is Cc1ccc(C#CCN)cc1C(=O)N(C)CC(C)C. The second-order valence-electron chi connectivity index (χ2n) is 5.12. The van der Waals surface area contributed by atoms with Crippen molar-refractivity contribution in [1.29, 1.82) is 0 Å². The molecule has 0 saturated carbocycles. The second-order valence-corrected chi connectivity index (χ2v) is 5.12. The van der Waals surface area contributed by atoms with Crippen molar-refractivity contribution >= 4 is 5.91 Å². The smallest absolute Gasteiger partial charge is 0.253 e. The first-order chi connectivity index (χ1) is 8.95. The van der Waals surface area contributed by atoms with Crippen molar-refractivity contribution in [2.45, 2.75) is 20.8 Å². The Kier molecular flexibility index (Phi) is 5.59. The minimum atomic E-state index is 0.0441. The molecule has 1 rings (SSSR count). The highest BCUT2D eigenvalue weighted by atomic mass is 16.2. The maximum absolute atomic E-state index is 12.4. The largest absolute Gasteiger partial charge is 0.341 e. The molecule has 19 heavy (non-hydrogen) atoms. The Morgan fingerprint density at radius 2 is 2.11 bits per heavy atom. The van der Waals surface area contributed by atoms with E-state index in [4.69, 9.17) is 5.73 Å². The van der Waals surface area contributed by atoms with E-state index in [2.05, 4.69) is 25.7 Å². The number of benzene rings is 1. The average molecular weight is 258 g/mol. The predicted molar refractivity (Wildman–Crippen MR) is 78.9 cm³/mol. The molecule has 1 amide bonds. The van der Waals surface area contributed by atoms with E-state index in [1.807, 2.05) is 32.2 Å². The molecule has 0 unspecified atom stereocenters. The van der Waals surface area contributed by atoms with E-state index < -0.39 is 0 Å². The molecular weight excluding hydrogens is 236 g/mol. The second kappa shape index (κ2) is 6.96. The van der Waals surface area contributed by atoms with Crippen LogP contribution in [-0.4, -0.2) is 30.9 Å². The van der Waals surface area contributed by atoms with Crippen LogP contribution in [0.15, 0.2) is 18.2 Å². The van der Waals surface area contributed by atoms with Crippen LogP contribution >= 0.6 is 0 Å². The third-order valence-electron chi connectivity index (χ3n) is 2.79. The molecule has 102 valence electrons. The summed E-state index contributed by atoms with van der Waals surface area (Å²) in [6.07, 6.45) is 0. The van der Waals surface area contributed by atoms with Crippen LogP contribution in [-0.2, 0) is 0 Å². The highest BCUT2D eigenvalue weighted by molar-refractivity contribution is 5.95. The lowest BCUT2D eigenvalue weighted by molar-refractivity contribution is 0.0778. The van der Waals surface area contributed by atoms with Gasteiger partial charge in [-0.3, -0.25) is 4.79 Å². The molecule has 1 aromatic carbocycles. The minimum Gasteiger partial charge on any atom is -0.341 e. The molecule has 0 atom stereocenters. The zero-order chi connectivity index (χ0) is 14.4. The van der Waals surface area contributed by atoms with Gasteiger partial charge in [0.05, 0.1) is 6.54 Å². The van der Waals surface area contributed by atoms with E-state index in [1.165, 1.54) is 0 Å². The molecule has 0 aromatic heterocycles. The van der Waals surface area contributed by atoms with E-state index in [1.54, 1.807) is 4.90 Å². The van der Waals surface area contributed by atoms with Gasteiger partial charge >= 0.3 is 0 Å². The Bertz CT molecular complexity index is 509. The molecule has 2 N–H and O–H groups in total. The first kappa shape index (κ1) is 15.3. The topological polar surface area (TPSA) is 46.3 Å². The summed E-state index contributed by atoms with van der Waals surface area (Å²) in [6, 6.07) is 5.69. The van der Waals surface area contributed by atoms with E-state index >= 15 is 0 Å². The fourth-order valence-corrected chi connectivity index (χ4v) is 1.92. The van der Waals surface area contributed by atoms with Gasteiger partial charge in [0.1, 0.15) is 0 Å². The van der Waals surface area contributed by atoms with Gasteiger partial charge in [0.15, 0.2) is 0 Å². The van der Waals surface area contributed by atoms with Crippen molar-refractivity contribution < 1.29 is 4.79 Å². The lowest BCUT2D eigenvalue weighted by atomic mass is 10.0. The van der Waals surface area contributed by atoms with Crippen molar-refractivity contribution in [1.82, 2.24) is 4.90 Å². The number of rotatable bonds is 3. The van der Waals surface area contributed by atoms with E-state index in [-0.39, 0.29) is 5.91 Å². The van der Waals surface area contributed by atoms with Gasteiger partial charge in [0.25, 0.3) is 5.91 Å². The lowest BCUT2D eigenvalue weighted by Crippen LogP contribution is -2.30. The molecule has 3 heteroatoms. The van der Waals surface area contributed by atoms with Gasteiger partial charge in [-0.2, -0.15) is 0 Å². The summed E-state index contributed by atoms with van der Waals surface area (Å²) in [4.78, 5) is 14.1. The van der Waals surface area contributed by atoms with Crippen LogP contribution in [0.1, 0.15) is 35.3 Å². The molecule has 0 fully saturated rings. The third kappa shape index (κ3) is 4.42. The maximum atomic E-state index is 12.4. The van der Waals surface area contributed by atoms with Crippen molar-refractivity contribution in [3.8, 4) is 11.8 Å². The predicted octanol–water partition coefficient (Wildman–Crippen LogP) is 2.03. The summed E-state index contributed by atoms with van der Waals surface area (Å²) in [5, 5.41) is 0. The maximum Gasteiger partial charge on any atom is 0.253 e. The van der Waals surface area contributed by atoms with Crippen LogP contribution in [0, 0.1) is 24.7 Å². The summed E-state index contributed by atoms with van der Waals surface area (Å²) < 4.78 is 0. The Morgan fingerprint density at radius 3 is 2.68 bits per heavy atom. The normalized spacial score (nSPS) is 10.0. The summed E-state index contributed by atoms with van der Waals surface area (Å²) in [7, 11) is 1.83. The molecule has 0 heterocycles. The number of nitrogens with zero attached hydrogens (tertiary/aromatic N) is 1. The monoisotopic (exact) mass is 258 g/mol. The Balaban J connectivity index is 3.01. The van der Waals surface area contributed by atoms with Crippen LogP contribution in [0.2, 0.25) is 0 Å². The fourth-order valence-electron chi connectivity index (χ4n) is 1.92. The zero-order valence-corrected chi connectivity index (χ0v) is 12.2. The minimum absolute atomic E-state index is 0.0441. The molecule has 0 radical (unpaired) electrons. The number of amides is 1. The van der Waals surface area contributed by atoms with Gasteiger partial charge in [-0.15, -0.1) is 0 Å². The van der Waals surface area contributed by atoms with Gasteiger partial charge in [-0.05, 0) is 30.5 Å². The molecule has 0 saturated heterocycles. The number of carbonyl (C=O) groups is 1. The number of aryl methyl sites for hydroxylation is 1. The van der Waals surface area contributed by atoms with Gasteiger partial charge in [-0.1, -0.05) is 31.8 Å². The van der Waals surface area contributed by atoms with E-state index in [0.717, 1.165) is 17.7 Å². The summed E-state index contributed by atoms with van der Waals surface area (Å²) in [5.41, 5.74) is 7.88. The van der Waals surface area contributed by atoms with Gasteiger partial charge in [-0.25, -0.2) is 0 Å². The van der Waals surface area contributed by atoms with Crippen molar-refractivity contribution in [3.05, 3.63) is 34.9 Å². The van der Waals surface area contributed by atoms with Crippen LogP contribution in [0.3, 0.4) is 0 Å². The van der Waals surface area contributed by atoms with Crippen LogP contribution in [0.4, 0.5) is 0 Å². The Labute approximate surface area is 115 Å². The van der Waals surface area contributed by atoms with Gasteiger partial charge < -0.3 is 10.6 Å². The van der Waals surface area contributed by atoms with Crippen LogP contribution in [0.5, 0.6) is 0 Å². The third-order valence-corrected chi connectivity index (χ3v) is 2.79. The Hall–Kier alpha value is -1.79. The number of carbonyl (C=O) groups excluding carboxylic acids is 1. The lowest BCUT2D eigenvalue weighted by Gasteiger charge is -2.20. The number of hydrogen-bond donors (Lipinski definition) is 1. The van der Waals surface area contributed by atoms with Gasteiger partial charge in [0.2, 0.25) is 0 Å². The van der Waals surface area contributed by atoms with E-state index in [9.17, 15) is 4.79 Å². The molecule has 0 aliphatic heterocycles. The van der Waals surface area contributed by atoms with Crippen molar-refractivity contribution in [3.63, 3.8) is 0 Å². The van der Waals surface area contributed by atoms with Crippen LogP contribution in [0.25, 0.3) is 0 Å². The molecule has 0 bridgehead atoms. The fraction of sp³-hybridized carbons (Fsp3) is 0.438. The molecule has 0 aliphatic carbocycles. The van der Waals surface area contributed by atoms with Crippen molar-refractivity contribution in [2.24, 2.45) is 11.7 Å². The highest BCUT2D eigenvalue weighted by Gasteiger charge is 2.15. The molecule has 0 spiro atoms. The summed E-state index contributed by atoms with van der Waals surface area (Å²) >= 11 is 0. The van der Waals surface area contributed by atoms with E-state index in [0.29, 0.717) is 18.0 Å². The summed E-state index contributed by atoms with van der Waals surface area (Å²) in [6.45, 7) is 7.21. The summed E-state index contributed by atoms with van der Waals surface area (Å²) in [5.74, 6) is 6.26. The number of hydrogen-bond acceptors (Lipinski definition) is 2. The quantitative estimate of drug-likeness (QED) is 0.843. The first-order valence-electron chi connectivity index (χ1n) is 6.50. The van der Waals surface area contributed by atoms with Crippen LogP contribution < -0.4 is 5.73 Å². The number of nitrogens with two attached hydrogens (primary N) is 1. The molecular formula is C16H22N2O. The first-order valence-corrected chi connectivity index (χ1v) is 6.50. The van der Waals surface area contributed by atoms with Crippen molar-refractivity contribution in [2.75, 3.05) is 20.1 Å². The average Bonchev–Trinajstić information content (AvgIpc) is 2.36.